The number of fused-ring (bicyclic) bond motifs is 2. The van der Waals surface area contributed by atoms with E-state index >= 15 is 0 Å². The first-order chi connectivity index (χ1) is 11.9. The molecule has 1 N–H and O–H groups in total. The van der Waals surface area contributed by atoms with Gasteiger partial charge in [-0.3, -0.25) is 9.59 Å². The van der Waals surface area contributed by atoms with E-state index in [4.69, 9.17) is 23.2 Å². The van der Waals surface area contributed by atoms with Crippen molar-refractivity contribution in [1.82, 2.24) is 14.3 Å². The number of carboxylic acids is 1. The van der Waals surface area contributed by atoms with Crippen LogP contribution in [0.1, 0.15) is 25.0 Å². The van der Waals surface area contributed by atoms with Crippen LogP contribution in [0, 0.1) is 11.3 Å². The van der Waals surface area contributed by atoms with E-state index in [0.717, 1.165) is 12.8 Å². The third-order valence-electron chi connectivity index (χ3n) is 5.50. The van der Waals surface area contributed by atoms with E-state index in [9.17, 15) is 14.7 Å². The maximum Gasteiger partial charge on any atom is 0.311 e. The first kappa shape index (κ1) is 16.7. The second-order valence-electron chi connectivity index (χ2n) is 6.97. The van der Waals surface area contributed by atoms with Gasteiger partial charge in [0, 0.05) is 25.5 Å². The van der Waals surface area contributed by atoms with Gasteiger partial charge < -0.3 is 14.4 Å². The molecule has 1 saturated heterocycles. The predicted molar refractivity (Wildman–Crippen MR) is 92.9 cm³/mol. The molecule has 2 atom stereocenters. The highest BCUT2D eigenvalue weighted by Crippen LogP contribution is 2.48. The topological polar surface area (TPSA) is 74.9 Å². The first-order valence-electron chi connectivity index (χ1n) is 8.23. The zero-order valence-electron chi connectivity index (χ0n) is 13.4. The third-order valence-corrected chi connectivity index (χ3v) is 5.99. The van der Waals surface area contributed by atoms with Gasteiger partial charge in [0.25, 0.3) is 0 Å². The van der Waals surface area contributed by atoms with E-state index in [2.05, 4.69) is 4.98 Å². The predicted octanol–water partition coefficient (Wildman–Crippen LogP) is 2.90. The lowest BCUT2D eigenvalue weighted by Crippen LogP contribution is -2.37. The number of nitrogens with zero attached hydrogens (tertiary/aromatic N) is 3. The van der Waals surface area contributed by atoms with Crippen molar-refractivity contribution < 1.29 is 14.7 Å². The van der Waals surface area contributed by atoms with Crippen LogP contribution in [0.25, 0.3) is 5.65 Å². The zero-order chi connectivity index (χ0) is 17.8. The van der Waals surface area contributed by atoms with E-state index in [0.29, 0.717) is 40.9 Å². The number of hydrogen-bond acceptors (Lipinski definition) is 3. The largest absolute Gasteiger partial charge is 0.481 e. The van der Waals surface area contributed by atoms with Crippen molar-refractivity contribution in [2.24, 2.45) is 11.3 Å². The van der Waals surface area contributed by atoms with Crippen LogP contribution in [-0.4, -0.2) is 44.4 Å². The number of imidazole rings is 1. The highest BCUT2D eigenvalue weighted by atomic mass is 35.5. The Morgan fingerprint density at radius 3 is 2.88 bits per heavy atom. The standard InChI is InChI=1S/C17H17Cl2N3O3/c18-11-4-13(19)15-20-12(8-21(15)7-11)5-14(23)22-6-10-2-1-3-17(10,9-22)16(24)25/h4,7-8,10H,1-3,5-6,9H2,(H,24,25)/t10-,17+/m0/s1. The summed E-state index contributed by atoms with van der Waals surface area (Å²) in [4.78, 5) is 30.5. The molecule has 0 bridgehead atoms. The molecule has 132 valence electrons. The average molecular weight is 382 g/mol. The molecule has 8 heteroatoms. The van der Waals surface area contributed by atoms with Gasteiger partial charge in [0.15, 0.2) is 5.65 Å². The minimum absolute atomic E-state index is 0.0586. The van der Waals surface area contributed by atoms with Crippen LogP contribution in [-0.2, 0) is 16.0 Å². The second-order valence-corrected chi connectivity index (χ2v) is 7.81. The molecule has 0 radical (unpaired) electrons. The number of halogens is 2. The van der Waals surface area contributed by atoms with Crippen molar-refractivity contribution in [2.75, 3.05) is 13.1 Å². The van der Waals surface area contributed by atoms with Crippen molar-refractivity contribution in [3.05, 3.63) is 34.2 Å². The summed E-state index contributed by atoms with van der Waals surface area (Å²) in [6, 6.07) is 1.61. The fourth-order valence-corrected chi connectivity index (χ4v) is 4.78. The molecule has 2 aliphatic rings. The van der Waals surface area contributed by atoms with Crippen molar-refractivity contribution >= 4 is 40.7 Å². The summed E-state index contributed by atoms with van der Waals surface area (Å²) in [5.41, 5.74) is 0.385. The molecule has 1 saturated carbocycles. The van der Waals surface area contributed by atoms with Gasteiger partial charge in [-0.15, -0.1) is 0 Å². The molecule has 2 aromatic rings. The summed E-state index contributed by atoms with van der Waals surface area (Å²) in [6.07, 6.45) is 5.98. The minimum Gasteiger partial charge on any atom is -0.481 e. The van der Waals surface area contributed by atoms with Crippen molar-refractivity contribution in [3.63, 3.8) is 0 Å². The summed E-state index contributed by atoms with van der Waals surface area (Å²) in [6.45, 7) is 0.816. The highest BCUT2D eigenvalue weighted by Gasteiger charge is 2.55. The Kier molecular flexibility index (Phi) is 3.92. The lowest BCUT2D eigenvalue weighted by atomic mass is 9.81. The number of amides is 1. The Morgan fingerprint density at radius 2 is 2.16 bits per heavy atom. The molecule has 0 spiro atoms. The van der Waals surface area contributed by atoms with E-state index < -0.39 is 11.4 Å². The van der Waals surface area contributed by atoms with Crippen molar-refractivity contribution in [3.8, 4) is 0 Å². The van der Waals surface area contributed by atoms with Gasteiger partial charge in [0.05, 0.1) is 27.6 Å². The molecule has 1 amide bonds. The van der Waals surface area contributed by atoms with E-state index in [1.54, 1.807) is 27.8 Å². The van der Waals surface area contributed by atoms with Crippen LogP contribution in [0.5, 0.6) is 0 Å². The average Bonchev–Trinajstić information content (AvgIpc) is 3.18. The van der Waals surface area contributed by atoms with Crippen LogP contribution >= 0.6 is 23.2 Å². The van der Waals surface area contributed by atoms with Crippen LogP contribution in [0.2, 0.25) is 10.0 Å². The minimum atomic E-state index is -0.778. The van der Waals surface area contributed by atoms with Crippen LogP contribution < -0.4 is 0 Å². The Morgan fingerprint density at radius 1 is 1.36 bits per heavy atom. The molecule has 1 aliphatic carbocycles. The molecule has 3 heterocycles. The smallest absolute Gasteiger partial charge is 0.311 e. The van der Waals surface area contributed by atoms with Crippen LogP contribution in [0.3, 0.4) is 0 Å². The van der Waals surface area contributed by atoms with Crippen molar-refractivity contribution in [2.45, 2.75) is 25.7 Å². The van der Waals surface area contributed by atoms with Gasteiger partial charge in [-0.2, -0.15) is 0 Å². The Labute approximate surface area is 154 Å². The van der Waals surface area contributed by atoms with Crippen molar-refractivity contribution in [1.29, 1.82) is 0 Å². The monoisotopic (exact) mass is 381 g/mol. The number of aliphatic carboxylic acids is 1. The Bertz CT molecular complexity index is 881. The number of rotatable bonds is 3. The third kappa shape index (κ3) is 2.68. The zero-order valence-corrected chi connectivity index (χ0v) is 14.9. The lowest BCUT2D eigenvalue weighted by molar-refractivity contribution is -0.149. The summed E-state index contributed by atoms with van der Waals surface area (Å²) >= 11 is 12.1. The molecular formula is C17H17Cl2N3O3. The van der Waals surface area contributed by atoms with Gasteiger partial charge >= 0.3 is 5.97 Å². The summed E-state index contributed by atoms with van der Waals surface area (Å²) in [5.74, 6) is -0.816. The molecule has 0 unspecified atom stereocenters. The van der Waals surface area contributed by atoms with E-state index in [1.165, 1.54) is 0 Å². The number of hydrogen-bond donors (Lipinski definition) is 1. The number of likely N-dealkylation sites (tertiary alicyclic amines) is 1. The Balaban J connectivity index is 1.53. The number of carbonyl (C=O) groups is 2. The van der Waals surface area contributed by atoms with Gasteiger partial charge in [-0.05, 0) is 24.8 Å². The van der Waals surface area contributed by atoms with Crippen LogP contribution in [0.15, 0.2) is 18.5 Å². The van der Waals surface area contributed by atoms with Gasteiger partial charge in [-0.25, -0.2) is 4.98 Å². The quantitative estimate of drug-likeness (QED) is 0.886. The van der Waals surface area contributed by atoms with Gasteiger partial charge in [0.2, 0.25) is 5.91 Å². The maximum atomic E-state index is 12.7. The Hall–Kier alpha value is -1.79. The summed E-state index contributed by atoms with van der Waals surface area (Å²) in [5, 5.41) is 10.5. The molecule has 25 heavy (non-hydrogen) atoms. The summed E-state index contributed by atoms with van der Waals surface area (Å²) < 4.78 is 1.70. The fourth-order valence-electron chi connectivity index (χ4n) is 4.26. The fraction of sp³-hybridized carbons (Fsp3) is 0.471. The maximum absolute atomic E-state index is 12.7. The van der Waals surface area contributed by atoms with E-state index in [-0.39, 0.29) is 18.2 Å². The first-order valence-corrected chi connectivity index (χ1v) is 8.98. The molecular weight excluding hydrogens is 365 g/mol. The molecule has 1 aliphatic heterocycles. The molecule has 2 fully saturated rings. The van der Waals surface area contributed by atoms with Crippen LogP contribution in [0.4, 0.5) is 0 Å². The summed E-state index contributed by atoms with van der Waals surface area (Å²) in [7, 11) is 0. The number of aromatic nitrogens is 2. The molecule has 0 aromatic carbocycles. The number of carboxylic acid groups (broad SMARTS) is 1. The van der Waals surface area contributed by atoms with E-state index in [1.807, 2.05) is 0 Å². The number of pyridine rings is 1. The molecule has 4 rings (SSSR count). The second kappa shape index (κ2) is 5.88. The molecule has 6 nitrogen and oxygen atoms in total. The van der Waals surface area contributed by atoms with Gasteiger partial charge in [-0.1, -0.05) is 29.6 Å². The normalized spacial score (nSPS) is 25.5. The van der Waals surface area contributed by atoms with Gasteiger partial charge in [0.1, 0.15) is 0 Å². The molecule has 2 aromatic heterocycles. The lowest BCUT2D eigenvalue weighted by Gasteiger charge is -2.23. The number of carbonyl (C=O) groups excluding carboxylic acids is 1. The highest BCUT2D eigenvalue weighted by molar-refractivity contribution is 6.36. The SMILES string of the molecule is O=C(Cc1cn2cc(Cl)cc(Cl)c2n1)N1C[C@@H]2CCC[C@@]2(C(=O)O)C1.